The summed E-state index contributed by atoms with van der Waals surface area (Å²) in [5, 5.41) is 3.13. The number of carbonyl (C=O) groups excluding carboxylic acids is 1. The Morgan fingerprint density at radius 2 is 1.92 bits per heavy atom. The van der Waals surface area contributed by atoms with E-state index in [1.165, 1.54) is 31.7 Å². The van der Waals surface area contributed by atoms with Crippen LogP contribution in [0.15, 0.2) is 18.2 Å². The van der Waals surface area contributed by atoms with E-state index in [4.69, 9.17) is 10.5 Å². The van der Waals surface area contributed by atoms with Crippen molar-refractivity contribution >= 4 is 5.91 Å². The van der Waals surface area contributed by atoms with E-state index in [0.29, 0.717) is 17.4 Å². The van der Waals surface area contributed by atoms with Gasteiger partial charge in [0.2, 0.25) is 0 Å². The van der Waals surface area contributed by atoms with Crippen molar-refractivity contribution in [3.63, 3.8) is 0 Å². The van der Waals surface area contributed by atoms with Crippen molar-refractivity contribution in [3.8, 4) is 11.5 Å². The van der Waals surface area contributed by atoms with Gasteiger partial charge < -0.3 is 20.5 Å². The molecular formula is C18H24F2N2O3. The fourth-order valence-corrected chi connectivity index (χ4v) is 4.26. The zero-order valence-corrected chi connectivity index (χ0v) is 14.2. The number of fused-ring (bicyclic) bond motifs is 2. The third-order valence-corrected chi connectivity index (χ3v) is 5.32. The van der Waals surface area contributed by atoms with Gasteiger partial charge in [0.25, 0.3) is 5.91 Å². The summed E-state index contributed by atoms with van der Waals surface area (Å²) >= 11 is 0. The number of rotatable bonds is 5. The first-order valence-electron chi connectivity index (χ1n) is 8.67. The van der Waals surface area contributed by atoms with Crippen molar-refractivity contribution in [2.24, 2.45) is 17.6 Å². The maximum absolute atomic E-state index is 12.6. The Morgan fingerprint density at radius 1 is 1.24 bits per heavy atom. The van der Waals surface area contributed by atoms with Crippen LogP contribution < -0.4 is 20.5 Å². The van der Waals surface area contributed by atoms with Crippen LogP contribution in [0.25, 0.3) is 0 Å². The van der Waals surface area contributed by atoms with Gasteiger partial charge in [0.05, 0.1) is 7.11 Å². The summed E-state index contributed by atoms with van der Waals surface area (Å²) in [6.45, 7) is -2.95. The second-order valence-corrected chi connectivity index (χ2v) is 6.93. The van der Waals surface area contributed by atoms with Crippen LogP contribution in [-0.4, -0.2) is 31.7 Å². The number of nitrogens with one attached hydrogen (secondary N) is 1. The predicted molar refractivity (Wildman–Crippen MR) is 88.9 cm³/mol. The highest BCUT2D eigenvalue weighted by molar-refractivity contribution is 5.95. The van der Waals surface area contributed by atoms with Crippen LogP contribution in [0.4, 0.5) is 8.78 Å². The average Bonchev–Trinajstić information content (AvgIpc) is 2.55. The molecule has 2 atom stereocenters. The molecule has 0 radical (unpaired) electrons. The smallest absolute Gasteiger partial charge is 0.387 e. The summed E-state index contributed by atoms with van der Waals surface area (Å²) in [6.07, 6.45) is 5.22. The zero-order chi connectivity index (χ0) is 18.0. The number of carbonyl (C=O) groups is 1. The Kier molecular flexibility index (Phi) is 5.42. The lowest BCUT2D eigenvalue weighted by atomic mass is 9.67. The van der Waals surface area contributed by atoms with Gasteiger partial charge in [0.1, 0.15) is 0 Å². The molecule has 3 N–H and O–H groups in total. The molecule has 2 saturated carbocycles. The number of nitrogens with two attached hydrogens (primary N) is 1. The van der Waals surface area contributed by atoms with Gasteiger partial charge in [-0.1, -0.05) is 6.42 Å². The minimum atomic E-state index is -2.95. The minimum Gasteiger partial charge on any atom is -0.493 e. The van der Waals surface area contributed by atoms with Gasteiger partial charge in [0, 0.05) is 17.6 Å². The van der Waals surface area contributed by atoms with E-state index < -0.39 is 6.61 Å². The Labute approximate surface area is 145 Å². The van der Waals surface area contributed by atoms with Gasteiger partial charge >= 0.3 is 6.61 Å². The molecule has 2 bridgehead atoms. The Balaban J connectivity index is 1.73. The zero-order valence-electron chi connectivity index (χ0n) is 14.2. The molecule has 3 rings (SSSR count). The van der Waals surface area contributed by atoms with Crippen molar-refractivity contribution in [1.82, 2.24) is 5.32 Å². The quantitative estimate of drug-likeness (QED) is 0.853. The summed E-state index contributed by atoms with van der Waals surface area (Å²) < 4.78 is 34.3. The topological polar surface area (TPSA) is 73.6 Å². The molecule has 2 unspecified atom stereocenters. The van der Waals surface area contributed by atoms with Crippen LogP contribution in [-0.2, 0) is 0 Å². The molecule has 0 spiro atoms. The summed E-state index contributed by atoms with van der Waals surface area (Å²) in [7, 11) is 1.35. The molecule has 1 aromatic rings. The molecular weight excluding hydrogens is 330 g/mol. The number of alkyl halides is 2. The number of halogens is 2. The van der Waals surface area contributed by atoms with Crippen LogP contribution >= 0.6 is 0 Å². The summed E-state index contributed by atoms with van der Waals surface area (Å²) in [5.74, 6) is 0.622. The van der Waals surface area contributed by atoms with Gasteiger partial charge in [-0.2, -0.15) is 8.78 Å². The molecule has 2 aliphatic rings. The van der Waals surface area contributed by atoms with E-state index in [2.05, 4.69) is 10.1 Å². The maximum Gasteiger partial charge on any atom is 0.387 e. The first-order chi connectivity index (χ1) is 12.0. The number of benzene rings is 1. The van der Waals surface area contributed by atoms with E-state index in [9.17, 15) is 13.6 Å². The van der Waals surface area contributed by atoms with Gasteiger partial charge in [-0.15, -0.1) is 0 Å². The van der Waals surface area contributed by atoms with Crippen molar-refractivity contribution in [1.29, 1.82) is 0 Å². The van der Waals surface area contributed by atoms with Crippen molar-refractivity contribution < 1.29 is 23.0 Å². The van der Waals surface area contributed by atoms with Gasteiger partial charge in [-0.3, -0.25) is 4.79 Å². The van der Waals surface area contributed by atoms with Crippen LogP contribution in [0, 0.1) is 11.8 Å². The van der Waals surface area contributed by atoms with E-state index in [0.717, 1.165) is 25.7 Å². The van der Waals surface area contributed by atoms with E-state index >= 15 is 0 Å². The molecule has 0 aliphatic heterocycles. The number of methoxy groups -OCH3 is 1. The second-order valence-electron chi connectivity index (χ2n) is 6.93. The lowest BCUT2D eigenvalue weighted by Crippen LogP contribution is -2.53. The molecule has 0 saturated heterocycles. The number of hydrogen-bond donors (Lipinski definition) is 2. The monoisotopic (exact) mass is 354 g/mol. The molecule has 5 nitrogen and oxygen atoms in total. The minimum absolute atomic E-state index is 0.0884. The Morgan fingerprint density at radius 3 is 2.52 bits per heavy atom. The largest absolute Gasteiger partial charge is 0.493 e. The molecule has 138 valence electrons. The molecule has 0 heterocycles. The van der Waals surface area contributed by atoms with Crippen molar-refractivity contribution in [2.45, 2.75) is 50.8 Å². The SMILES string of the molecule is COc1cc(C(=O)NC2C3CCCC2CC(N)C3)ccc1OC(F)F. The molecule has 2 fully saturated rings. The summed E-state index contributed by atoms with van der Waals surface area (Å²) in [5.41, 5.74) is 6.49. The summed E-state index contributed by atoms with van der Waals surface area (Å²) in [6, 6.07) is 4.58. The first kappa shape index (κ1) is 17.9. The number of amides is 1. The van der Waals surface area contributed by atoms with E-state index in [-0.39, 0.29) is 29.5 Å². The molecule has 1 aromatic carbocycles. The normalized spacial score (nSPS) is 28.5. The predicted octanol–water partition coefficient (Wildman–Crippen LogP) is 2.93. The van der Waals surface area contributed by atoms with Gasteiger partial charge in [-0.05, 0) is 55.7 Å². The molecule has 2 aliphatic carbocycles. The van der Waals surface area contributed by atoms with Crippen LogP contribution in [0.3, 0.4) is 0 Å². The highest BCUT2D eigenvalue weighted by Gasteiger charge is 2.40. The van der Waals surface area contributed by atoms with Crippen LogP contribution in [0.2, 0.25) is 0 Å². The fraction of sp³-hybridized carbons (Fsp3) is 0.611. The van der Waals surface area contributed by atoms with E-state index in [1.54, 1.807) is 0 Å². The second kappa shape index (κ2) is 7.56. The first-order valence-corrected chi connectivity index (χ1v) is 8.67. The molecule has 7 heteroatoms. The molecule has 1 amide bonds. The number of hydrogen-bond acceptors (Lipinski definition) is 4. The lowest BCUT2D eigenvalue weighted by molar-refractivity contribution is -0.0512. The maximum atomic E-state index is 12.6. The van der Waals surface area contributed by atoms with Crippen LogP contribution in [0.5, 0.6) is 11.5 Å². The third kappa shape index (κ3) is 4.03. The van der Waals surface area contributed by atoms with Gasteiger partial charge in [0.15, 0.2) is 11.5 Å². The summed E-state index contributed by atoms with van der Waals surface area (Å²) in [4.78, 5) is 12.6. The highest BCUT2D eigenvalue weighted by Crippen LogP contribution is 2.40. The van der Waals surface area contributed by atoms with Crippen LogP contribution in [0.1, 0.15) is 42.5 Å². The fourth-order valence-electron chi connectivity index (χ4n) is 4.26. The Hall–Kier alpha value is -1.89. The number of ether oxygens (including phenoxy) is 2. The third-order valence-electron chi connectivity index (χ3n) is 5.32. The van der Waals surface area contributed by atoms with Crippen molar-refractivity contribution in [2.75, 3.05) is 7.11 Å². The van der Waals surface area contributed by atoms with Crippen molar-refractivity contribution in [3.05, 3.63) is 23.8 Å². The molecule has 0 aromatic heterocycles. The highest BCUT2D eigenvalue weighted by atomic mass is 19.3. The standard InChI is InChI=1S/C18H24F2N2O3/c1-24-15-9-12(5-6-14(15)25-18(19)20)17(23)22-16-10-3-2-4-11(16)8-13(21)7-10/h5-6,9-11,13,16,18H,2-4,7-8,21H2,1H3,(H,22,23). The molecule has 25 heavy (non-hydrogen) atoms. The lowest BCUT2D eigenvalue weighted by Gasteiger charge is -2.45. The van der Waals surface area contributed by atoms with Gasteiger partial charge in [-0.25, -0.2) is 0 Å². The average molecular weight is 354 g/mol. The van der Waals surface area contributed by atoms with E-state index in [1.807, 2.05) is 0 Å². The Bertz CT molecular complexity index is 612.